The van der Waals surface area contributed by atoms with Crippen molar-refractivity contribution >= 4 is 22.4 Å². The molecule has 0 fully saturated rings. The summed E-state index contributed by atoms with van der Waals surface area (Å²) >= 11 is 0. The van der Waals surface area contributed by atoms with Gasteiger partial charge in [-0.2, -0.15) is 0 Å². The first-order valence-electron chi connectivity index (χ1n) is 4.66. The summed E-state index contributed by atoms with van der Waals surface area (Å²) in [4.78, 5) is 0.181. The van der Waals surface area contributed by atoms with Crippen molar-refractivity contribution < 1.29 is 12.8 Å². The zero-order chi connectivity index (χ0) is 11.6. The van der Waals surface area contributed by atoms with Gasteiger partial charge in [0.1, 0.15) is 16.4 Å². The minimum Gasteiger partial charge on any atom is -0.465 e. The summed E-state index contributed by atoms with van der Waals surface area (Å²) in [5.74, 6) is 0.970. The van der Waals surface area contributed by atoms with Gasteiger partial charge >= 0.3 is 0 Å². The van der Waals surface area contributed by atoms with Crippen molar-refractivity contribution in [2.45, 2.75) is 31.7 Å². The fourth-order valence-electron chi connectivity index (χ4n) is 1.25. The second-order valence-electron chi connectivity index (χ2n) is 3.54. The average molecular weight is 269 g/mol. The summed E-state index contributed by atoms with van der Waals surface area (Å²) in [7, 11) is -3.51. The van der Waals surface area contributed by atoms with Crippen LogP contribution in [-0.4, -0.2) is 21.0 Å². The van der Waals surface area contributed by atoms with Crippen molar-refractivity contribution in [2.75, 3.05) is 6.54 Å². The van der Waals surface area contributed by atoms with Gasteiger partial charge in [0.15, 0.2) is 0 Å². The average Bonchev–Trinajstić information content (AvgIpc) is 2.45. The summed E-state index contributed by atoms with van der Waals surface area (Å²) in [6.07, 6.45) is 0. The minimum atomic E-state index is -3.51. The fraction of sp³-hybridized carbons (Fsp3) is 0.556. The Morgan fingerprint density at radius 1 is 1.50 bits per heavy atom. The summed E-state index contributed by atoms with van der Waals surface area (Å²) < 4.78 is 31.2. The van der Waals surface area contributed by atoms with E-state index in [-0.39, 0.29) is 29.9 Å². The van der Waals surface area contributed by atoms with E-state index in [4.69, 9.17) is 10.2 Å². The van der Waals surface area contributed by atoms with E-state index in [1.54, 1.807) is 20.8 Å². The van der Waals surface area contributed by atoms with E-state index in [0.717, 1.165) is 0 Å². The number of aryl methyl sites for hydroxylation is 2. The number of rotatable bonds is 4. The van der Waals surface area contributed by atoms with Crippen LogP contribution in [0.3, 0.4) is 0 Å². The first-order chi connectivity index (χ1) is 6.86. The Bertz CT molecular complexity index is 442. The number of hydrogen-bond donors (Lipinski definition) is 2. The van der Waals surface area contributed by atoms with Gasteiger partial charge < -0.3 is 10.2 Å². The van der Waals surface area contributed by atoms with Crippen molar-refractivity contribution in [1.82, 2.24) is 4.72 Å². The molecule has 0 aliphatic carbocycles. The molecule has 5 nitrogen and oxygen atoms in total. The number of halogens is 1. The molecule has 0 aliphatic heterocycles. The van der Waals surface area contributed by atoms with Gasteiger partial charge in [-0.1, -0.05) is 0 Å². The van der Waals surface area contributed by atoms with Crippen LogP contribution in [0, 0.1) is 13.8 Å². The molecule has 0 unspecified atom stereocenters. The molecule has 0 radical (unpaired) electrons. The lowest BCUT2D eigenvalue weighted by molar-refractivity contribution is 0.495. The Labute approximate surface area is 102 Å². The first kappa shape index (κ1) is 15.4. The third-order valence-electron chi connectivity index (χ3n) is 1.99. The molecular weight excluding hydrogens is 252 g/mol. The van der Waals surface area contributed by atoms with E-state index in [2.05, 4.69) is 4.72 Å². The minimum absolute atomic E-state index is 0. The molecule has 0 aliphatic rings. The largest absolute Gasteiger partial charge is 0.465 e. The van der Waals surface area contributed by atoms with Crippen LogP contribution in [0.5, 0.6) is 0 Å². The summed E-state index contributed by atoms with van der Waals surface area (Å²) in [5, 5.41) is 0. The number of sulfonamides is 1. The molecule has 1 atom stereocenters. The fourth-order valence-corrected chi connectivity index (χ4v) is 2.74. The molecule has 0 bridgehead atoms. The Balaban J connectivity index is 0.00000225. The molecule has 0 saturated heterocycles. The maximum Gasteiger partial charge on any atom is 0.244 e. The highest BCUT2D eigenvalue weighted by Crippen LogP contribution is 2.19. The van der Waals surface area contributed by atoms with Gasteiger partial charge in [-0.15, -0.1) is 12.4 Å². The molecule has 0 aromatic carbocycles. The molecule has 0 spiro atoms. The number of nitrogens with one attached hydrogen (secondary N) is 1. The van der Waals surface area contributed by atoms with Crippen molar-refractivity contribution in [3.63, 3.8) is 0 Å². The number of furan rings is 1. The maximum atomic E-state index is 11.8. The quantitative estimate of drug-likeness (QED) is 0.851. The molecular formula is C9H17ClN2O3S. The van der Waals surface area contributed by atoms with Gasteiger partial charge in [-0.05, 0) is 26.8 Å². The van der Waals surface area contributed by atoms with Crippen molar-refractivity contribution in [3.8, 4) is 0 Å². The van der Waals surface area contributed by atoms with Crippen LogP contribution in [0.4, 0.5) is 0 Å². The Kier molecular flexibility index (Phi) is 5.48. The zero-order valence-corrected chi connectivity index (χ0v) is 11.1. The lowest BCUT2D eigenvalue weighted by Gasteiger charge is -2.10. The van der Waals surface area contributed by atoms with Gasteiger partial charge in [-0.25, -0.2) is 13.1 Å². The molecule has 1 aromatic heterocycles. The topological polar surface area (TPSA) is 85.3 Å². The second kappa shape index (κ2) is 5.67. The highest BCUT2D eigenvalue weighted by Gasteiger charge is 2.21. The Morgan fingerprint density at radius 2 is 2.06 bits per heavy atom. The van der Waals surface area contributed by atoms with Crippen LogP contribution in [0.2, 0.25) is 0 Å². The third kappa shape index (κ3) is 3.48. The monoisotopic (exact) mass is 268 g/mol. The first-order valence-corrected chi connectivity index (χ1v) is 6.14. The lowest BCUT2D eigenvalue weighted by atomic mass is 10.4. The highest BCUT2D eigenvalue weighted by molar-refractivity contribution is 7.89. The Morgan fingerprint density at radius 3 is 2.44 bits per heavy atom. The standard InChI is InChI=1S/C9H16N2O3S.ClH/c1-6(5-10)11-15(12,13)9-4-7(2)14-8(9)3;/h4,6,11H,5,10H2,1-3H3;1H/t6-;/m0./s1. The van der Waals surface area contributed by atoms with Crippen LogP contribution < -0.4 is 10.5 Å². The van der Waals surface area contributed by atoms with Gasteiger partial charge in [-0.3, -0.25) is 0 Å². The van der Waals surface area contributed by atoms with E-state index in [9.17, 15) is 8.42 Å². The van der Waals surface area contributed by atoms with Crippen LogP contribution in [0.25, 0.3) is 0 Å². The molecule has 94 valence electrons. The summed E-state index contributed by atoms with van der Waals surface area (Å²) in [5.41, 5.74) is 5.35. The third-order valence-corrected chi connectivity index (χ3v) is 3.69. The van der Waals surface area contributed by atoms with Gasteiger partial charge in [0.25, 0.3) is 0 Å². The molecule has 0 amide bonds. The van der Waals surface area contributed by atoms with Crippen LogP contribution in [0.1, 0.15) is 18.4 Å². The van der Waals surface area contributed by atoms with E-state index in [1.165, 1.54) is 6.07 Å². The molecule has 0 saturated carbocycles. The molecule has 3 N–H and O–H groups in total. The maximum absolute atomic E-state index is 11.8. The van der Waals surface area contributed by atoms with E-state index in [0.29, 0.717) is 11.5 Å². The second-order valence-corrected chi connectivity index (χ2v) is 5.22. The van der Waals surface area contributed by atoms with E-state index >= 15 is 0 Å². The van der Waals surface area contributed by atoms with Crippen LogP contribution in [-0.2, 0) is 10.0 Å². The molecule has 16 heavy (non-hydrogen) atoms. The zero-order valence-electron chi connectivity index (χ0n) is 9.48. The van der Waals surface area contributed by atoms with Crippen molar-refractivity contribution in [1.29, 1.82) is 0 Å². The summed E-state index contributed by atoms with van der Waals surface area (Å²) in [6, 6.07) is 1.21. The SMILES string of the molecule is Cc1cc(S(=O)(=O)N[C@@H](C)CN)c(C)o1.Cl. The summed E-state index contributed by atoms with van der Waals surface area (Å²) in [6.45, 7) is 5.29. The normalized spacial score (nSPS) is 13.2. The molecule has 7 heteroatoms. The Hall–Kier alpha value is -0.560. The highest BCUT2D eigenvalue weighted by atomic mass is 35.5. The van der Waals surface area contributed by atoms with Gasteiger partial charge in [0.05, 0.1) is 0 Å². The van der Waals surface area contributed by atoms with Crippen molar-refractivity contribution in [2.24, 2.45) is 5.73 Å². The van der Waals surface area contributed by atoms with Gasteiger partial charge in [0, 0.05) is 12.6 Å². The smallest absolute Gasteiger partial charge is 0.244 e. The molecule has 1 rings (SSSR count). The van der Waals surface area contributed by atoms with Gasteiger partial charge in [0.2, 0.25) is 10.0 Å². The molecule has 1 heterocycles. The lowest BCUT2D eigenvalue weighted by Crippen LogP contribution is -2.37. The number of hydrogen-bond acceptors (Lipinski definition) is 4. The van der Waals surface area contributed by atoms with Crippen molar-refractivity contribution in [3.05, 3.63) is 17.6 Å². The van der Waals surface area contributed by atoms with Crippen LogP contribution in [0.15, 0.2) is 15.4 Å². The van der Waals surface area contributed by atoms with E-state index < -0.39 is 10.0 Å². The van der Waals surface area contributed by atoms with Crippen LogP contribution >= 0.6 is 12.4 Å². The molecule has 1 aromatic rings. The predicted octanol–water partition coefficient (Wildman–Crippen LogP) is 0.944. The number of nitrogens with two attached hydrogens (primary N) is 1. The predicted molar refractivity (Wildman–Crippen MR) is 64.3 cm³/mol. The van der Waals surface area contributed by atoms with E-state index in [1.807, 2.05) is 0 Å².